The second kappa shape index (κ2) is 5.29. The fourth-order valence-electron chi connectivity index (χ4n) is 1.74. The van der Waals surface area contributed by atoms with Gasteiger partial charge in [-0.1, -0.05) is 12.1 Å². The van der Waals surface area contributed by atoms with E-state index in [9.17, 15) is 0 Å². The van der Waals surface area contributed by atoms with Gasteiger partial charge in [0, 0.05) is 11.4 Å². The minimum Gasteiger partial charge on any atom is -0.395 e. The summed E-state index contributed by atoms with van der Waals surface area (Å²) in [5.74, 6) is 1.18. The molecule has 0 radical (unpaired) electrons. The van der Waals surface area contributed by atoms with Gasteiger partial charge in [0.15, 0.2) is 0 Å². The van der Waals surface area contributed by atoms with Gasteiger partial charge in [0.2, 0.25) is 0 Å². The lowest BCUT2D eigenvalue weighted by Crippen LogP contribution is -2.32. The summed E-state index contributed by atoms with van der Waals surface area (Å²) in [4.78, 5) is 10.8. The molecule has 2 aromatic rings. The maximum atomic E-state index is 9.10. The van der Waals surface area contributed by atoms with E-state index >= 15 is 0 Å². The average molecular weight is 246 g/mol. The third-order valence-corrected chi connectivity index (χ3v) is 3.09. The Kier molecular flexibility index (Phi) is 3.74. The van der Waals surface area contributed by atoms with Crippen molar-refractivity contribution in [2.45, 2.75) is 19.5 Å². The number of aliphatic hydroxyl groups is 1. The van der Waals surface area contributed by atoms with Crippen molar-refractivity contribution in [3.05, 3.63) is 30.1 Å². The molecule has 1 aromatic carbocycles. The van der Waals surface area contributed by atoms with E-state index in [0.717, 1.165) is 10.9 Å². The first-order chi connectivity index (χ1) is 8.61. The number of para-hydroxylation sites is 1. The summed E-state index contributed by atoms with van der Waals surface area (Å²) in [6, 6.07) is 7.75. The standard InChI is InChI=1S/C13H18N4O/c1-9(8-18)17(2)7-12-15-11-6-4-3-5-10(11)13(14)16-12/h3-6,9,18H,7-8H2,1-2H3,(H2,14,15,16). The largest absolute Gasteiger partial charge is 0.395 e. The Balaban J connectivity index is 2.29. The van der Waals surface area contributed by atoms with Gasteiger partial charge in [0.1, 0.15) is 11.6 Å². The highest BCUT2D eigenvalue weighted by Crippen LogP contribution is 2.17. The Morgan fingerprint density at radius 2 is 2.06 bits per heavy atom. The van der Waals surface area contributed by atoms with Crippen LogP contribution in [0.15, 0.2) is 24.3 Å². The van der Waals surface area contributed by atoms with Crippen LogP contribution < -0.4 is 5.73 Å². The molecule has 5 nitrogen and oxygen atoms in total. The first kappa shape index (κ1) is 12.7. The lowest BCUT2D eigenvalue weighted by atomic mass is 10.2. The van der Waals surface area contributed by atoms with Crippen molar-refractivity contribution in [2.75, 3.05) is 19.4 Å². The van der Waals surface area contributed by atoms with Crippen LogP contribution in [0.25, 0.3) is 10.9 Å². The third-order valence-electron chi connectivity index (χ3n) is 3.09. The number of aliphatic hydroxyl groups excluding tert-OH is 1. The van der Waals surface area contributed by atoms with Gasteiger partial charge in [0.05, 0.1) is 18.7 Å². The van der Waals surface area contributed by atoms with Crippen molar-refractivity contribution in [3.63, 3.8) is 0 Å². The Bertz CT molecular complexity index is 544. The maximum Gasteiger partial charge on any atom is 0.145 e. The predicted octanol–water partition coefficient (Wildman–Crippen LogP) is 1.02. The van der Waals surface area contributed by atoms with Gasteiger partial charge in [-0.15, -0.1) is 0 Å². The molecule has 1 unspecified atom stereocenters. The molecular formula is C13H18N4O. The summed E-state index contributed by atoms with van der Waals surface area (Å²) in [7, 11) is 1.93. The van der Waals surface area contributed by atoms with Crippen LogP contribution in [0.1, 0.15) is 12.7 Å². The molecule has 1 aromatic heterocycles. The van der Waals surface area contributed by atoms with Crippen LogP contribution in [0.2, 0.25) is 0 Å². The summed E-state index contributed by atoms with van der Waals surface area (Å²) in [5.41, 5.74) is 6.77. The van der Waals surface area contributed by atoms with E-state index in [1.54, 1.807) is 0 Å². The zero-order chi connectivity index (χ0) is 13.1. The smallest absolute Gasteiger partial charge is 0.145 e. The van der Waals surface area contributed by atoms with Crippen LogP contribution >= 0.6 is 0 Å². The number of benzene rings is 1. The Morgan fingerprint density at radius 1 is 1.33 bits per heavy atom. The van der Waals surface area contributed by atoms with Crippen LogP contribution in [-0.2, 0) is 6.54 Å². The molecule has 0 bridgehead atoms. The Morgan fingerprint density at radius 3 is 2.78 bits per heavy atom. The molecule has 0 aliphatic carbocycles. The second-order valence-electron chi connectivity index (χ2n) is 4.49. The van der Waals surface area contributed by atoms with E-state index in [-0.39, 0.29) is 12.6 Å². The summed E-state index contributed by atoms with van der Waals surface area (Å²) in [6.45, 7) is 2.63. The lowest BCUT2D eigenvalue weighted by Gasteiger charge is -2.21. The number of nitrogen functional groups attached to an aromatic ring is 1. The summed E-state index contributed by atoms with van der Waals surface area (Å²) in [5, 5.41) is 9.98. The van der Waals surface area contributed by atoms with E-state index in [1.807, 2.05) is 43.1 Å². The van der Waals surface area contributed by atoms with Crippen molar-refractivity contribution in [2.24, 2.45) is 0 Å². The minimum absolute atomic E-state index is 0.0706. The molecule has 2 rings (SSSR count). The quantitative estimate of drug-likeness (QED) is 0.842. The summed E-state index contributed by atoms with van der Waals surface area (Å²) < 4.78 is 0. The minimum atomic E-state index is 0.0706. The van der Waals surface area contributed by atoms with Crippen LogP contribution in [0.5, 0.6) is 0 Å². The molecule has 3 N–H and O–H groups in total. The van der Waals surface area contributed by atoms with Gasteiger partial charge in [-0.05, 0) is 26.1 Å². The third kappa shape index (κ3) is 2.57. The second-order valence-corrected chi connectivity index (χ2v) is 4.49. The normalized spacial score (nSPS) is 13.1. The highest BCUT2D eigenvalue weighted by Gasteiger charge is 2.11. The zero-order valence-electron chi connectivity index (χ0n) is 10.7. The van der Waals surface area contributed by atoms with Crippen molar-refractivity contribution in [1.29, 1.82) is 0 Å². The van der Waals surface area contributed by atoms with Gasteiger partial charge in [-0.3, -0.25) is 4.90 Å². The van der Waals surface area contributed by atoms with E-state index in [2.05, 4.69) is 9.97 Å². The topological polar surface area (TPSA) is 75.3 Å². The highest BCUT2D eigenvalue weighted by atomic mass is 16.3. The van der Waals surface area contributed by atoms with Gasteiger partial charge < -0.3 is 10.8 Å². The monoisotopic (exact) mass is 246 g/mol. The lowest BCUT2D eigenvalue weighted by molar-refractivity contribution is 0.151. The van der Waals surface area contributed by atoms with Gasteiger partial charge in [-0.25, -0.2) is 9.97 Å². The first-order valence-electron chi connectivity index (χ1n) is 5.94. The molecule has 0 saturated carbocycles. The number of anilines is 1. The molecule has 0 aliphatic heterocycles. The summed E-state index contributed by atoms with van der Waals surface area (Å²) in [6.07, 6.45) is 0. The number of fused-ring (bicyclic) bond motifs is 1. The fourth-order valence-corrected chi connectivity index (χ4v) is 1.74. The number of rotatable bonds is 4. The van der Waals surface area contributed by atoms with Gasteiger partial charge in [-0.2, -0.15) is 0 Å². The number of nitrogens with zero attached hydrogens (tertiary/aromatic N) is 3. The Labute approximate surface area is 106 Å². The first-order valence-corrected chi connectivity index (χ1v) is 5.94. The summed E-state index contributed by atoms with van der Waals surface area (Å²) >= 11 is 0. The maximum absolute atomic E-state index is 9.10. The van der Waals surface area contributed by atoms with Crippen molar-refractivity contribution >= 4 is 16.7 Å². The van der Waals surface area contributed by atoms with Gasteiger partial charge >= 0.3 is 0 Å². The van der Waals surface area contributed by atoms with Crippen LogP contribution in [0.3, 0.4) is 0 Å². The van der Waals surface area contributed by atoms with Crippen LogP contribution in [0.4, 0.5) is 5.82 Å². The van der Waals surface area contributed by atoms with E-state index in [0.29, 0.717) is 18.2 Å². The molecule has 0 saturated heterocycles. The molecule has 1 heterocycles. The fraction of sp³-hybridized carbons (Fsp3) is 0.385. The average Bonchev–Trinajstić information content (AvgIpc) is 2.37. The molecule has 0 aliphatic rings. The number of nitrogens with two attached hydrogens (primary N) is 1. The van der Waals surface area contributed by atoms with E-state index in [4.69, 9.17) is 10.8 Å². The number of likely N-dealkylation sites (N-methyl/N-ethyl adjacent to an activating group) is 1. The Hall–Kier alpha value is -1.72. The van der Waals surface area contributed by atoms with Crippen LogP contribution in [-0.4, -0.2) is 39.7 Å². The highest BCUT2D eigenvalue weighted by molar-refractivity contribution is 5.87. The van der Waals surface area contributed by atoms with Crippen molar-refractivity contribution in [1.82, 2.24) is 14.9 Å². The van der Waals surface area contributed by atoms with Crippen molar-refractivity contribution in [3.8, 4) is 0 Å². The molecular weight excluding hydrogens is 228 g/mol. The number of aromatic nitrogens is 2. The van der Waals surface area contributed by atoms with Crippen LogP contribution in [0, 0.1) is 0 Å². The molecule has 96 valence electrons. The number of hydrogen-bond donors (Lipinski definition) is 2. The van der Waals surface area contributed by atoms with E-state index < -0.39 is 0 Å². The molecule has 0 spiro atoms. The molecule has 0 amide bonds. The molecule has 0 fully saturated rings. The van der Waals surface area contributed by atoms with Gasteiger partial charge in [0.25, 0.3) is 0 Å². The van der Waals surface area contributed by atoms with E-state index in [1.165, 1.54) is 0 Å². The zero-order valence-corrected chi connectivity index (χ0v) is 10.7. The molecule has 5 heteroatoms. The SMILES string of the molecule is CC(CO)N(C)Cc1nc(N)c2ccccc2n1. The van der Waals surface area contributed by atoms with Crippen molar-refractivity contribution < 1.29 is 5.11 Å². The number of hydrogen-bond acceptors (Lipinski definition) is 5. The predicted molar refractivity (Wildman–Crippen MR) is 72.0 cm³/mol. The molecule has 18 heavy (non-hydrogen) atoms. The molecule has 1 atom stereocenters.